The zero-order valence-corrected chi connectivity index (χ0v) is 25.6. The summed E-state index contributed by atoms with van der Waals surface area (Å²) in [5.41, 5.74) is 12.2. The van der Waals surface area contributed by atoms with Gasteiger partial charge in [0.25, 0.3) is 5.91 Å². The highest BCUT2D eigenvalue weighted by molar-refractivity contribution is 6.00. The van der Waals surface area contributed by atoms with Crippen molar-refractivity contribution in [2.75, 3.05) is 19.0 Å². The van der Waals surface area contributed by atoms with E-state index >= 15 is 0 Å². The molecule has 3 aliphatic rings. The van der Waals surface area contributed by atoms with Gasteiger partial charge in [0.15, 0.2) is 11.4 Å². The molecule has 1 amide bonds. The zero-order valence-electron chi connectivity index (χ0n) is 25.6. The number of carbonyl (C=O) groups is 1. The van der Waals surface area contributed by atoms with Gasteiger partial charge in [0.2, 0.25) is 0 Å². The Hall–Kier alpha value is -5.10. The molecular weight excluding hydrogens is 584 g/mol. The smallest absolute Gasteiger partial charge is 0.417 e. The summed E-state index contributed by atoms with van der Waals surface area (Å²) in [6.07, 6.45) is 4.42. The third-order valence-electron chi connectivity index (χ3n) is 10.1. The fraction of sp³-hybridized carbons (Fsp3) is 0.353. The number of nitrogens with two attached hydrogens (primary N) is 1. The number of carbonyl (C=O) groups excluding carboxylic acids is 1. The number of imidazole rings is 1. The molecule has 12 heteroatoms. The Labute approximate surface area is 263 Å². The van der Waals surface area contributed by atoms with Gasteiger partial charge in [-0.15, -0.1) is 0 Å². The number of aromatic nitrogens is 5. The van der Waals surface area contributed by atoms with Gasteiger partial charge in [0, 0.05) is 54.9 Å². The molecule has 2 saturated carbocycles. The molecule has 9 rings (SSSR count). The van der Waals surface area contributed by atoms with E-state index in [1.807, 2.05) is 40.8 Å². The maximum absolute atomic E-state index is 13.7. The molecule has 0 spiro atoms. The number of hydrogen-bond acceptors (Lipinski definition) is 8. The second-order valence-electron chi connectivity index (χ2n) is 13.0. The summed E-state index contributed by atoms with van der Waals surface area (Å²) in [7, 11) is 3.62. The maximum Gasteiger partial charge on any atom is 0.417 e. The van der Waals surface area contributed by atoms with E-state index < -0.39 is 5.76 Å². The number of H-pyrrole nitrogens is 1. The number of nitrogens with zero attached hydrogens (tertiary/aromatic N) is 5. The minimum absolute atomic E-state index is 0.0140. The predicted octanol–water partition coefficient (Wildman–Crippen LogP) is 4.75. The summed E-state index contributed by atoms with van der Waals surface area (Å²) in [6.45, 7) is 1.54. The van der Waals surface area contributed by atoms with Crippen molar-refractivity contribution >= 4 is 50.6 Å². The topological polar surface area (TPSA) is 149 Å². The minimum Gasteiger partial charge on any atom is -0.494 e. The van der Waals surface area contributed by atoms with Crippen LogP contribution in [-0.2, 0) is 13.6 Å². The minimum atomic E-state index is -0.484. The molecule has 2 bridgehead atoms. The molecule has 3 fully saturated rings. The van der Waals surface area contributed by atoms with Crippen molar-refractivity contribution in [3.8, 4) is 17.3 Å². The number of amides is 1. The first kappa shape index (κ1) is 27.2. The number of ether oxygens (including phenoxy) is 1. The number of fused-ring (bicyclic) bond motifs is 5. The summed E-state index contributed by atoms with van der Waals surface area (Å²) in [6, 6.07) is 15.5. The van der Waals surface area contributed by atoms with E-state index in [1.165, 1.54) is 12.8 Å². The van der Waals surface area contributed by atoms with Gasteiger partial charge in [-0.1, -0.05) is 0 Å². The van der Waals surface area contributed by atoms with E-state index in [2.05, 4.69) is 27.0 Å². The summed E-state index contributed by atoms with van der Waals surface area (Å²) in [5.74, 6) is 2.53. The number of oxazole rings is 1. The SMILES string of the molecule is COc1cc(C(=O)N2CC3CCC2[C@@H]3N)cc2nc(-c3cc4ccc(Nc5ccc6[nH]c(=O)oc6c5)nc4n3CC3CC3)n(C)c12. The fourth-order valence-corrected chi connectivity index (χ4v) is 7.56. The van der Waals surface area contributed by atoms with Crippen molar-refractivity contribution in [1.82, 2.24) is 29.0 Å². The predicted molar refractivity (Wildman–Crippen MR) is 174 cm³/mol. The number of aromatic amines is 1. The highest BCUT2D eigenvalue weighted by Gasteiger charge is 2.47. The average molecular weight is 619 g/mol. The van der Waals surface area contributed by atoms with E-state index in [4.69, 9.17) is 24.9 Å². The van der Waals surface area contributed by atoms with Crippen LogP contribution in [0, 0.1) is 11.8 Å². The van der Waals surface area contributed by atoms with Crippen molar-refractivity contribution < 1.29 is 13.9 Å². The molecule has 46 heavy (non-hydrogen) atoms. The molecule has 2 aliphatic carbocycles. The van der Waals surface area contributed by atoms with Gasteiger partial charge in [-0.3, -0.25) is 9.78 Å². The molecule has 3 atom stereocenters. The zero-order chi connectivity index (χ0) is 31.3. The van der Waals surface area contributed by atoms with Gasteiger partial charge < -0.3 is 34.2 Å². The van der Waals surface area contributed by atoms with Crippen LogP contribution in [0.3, 0.4) is 0 Å². The van der Waals surface area contributed by atoms with E-state index in [1.54, 1.807) is 19.2 Å². The summed E-state index contributed by atoms with van der Waals surface area (Å²) < 4.78 is 15.4. The largest absolute Gasteiger partial charge is 0.494 e. The van der Waals surface area contributed by atoms with Gasteiger partial charge in [-0.25, -0.2) is 14.8 Å². The maximum atomic E-state index is 13.7. The highest BCUT2D eigenvalue weighted by atomic mass is 16.5. The van der Waals surface area contributed by atoms with Crippen LogP contribution in [0.1, 0.15) is 36.0 Å². The van der Waals surface area contributed by atoms with Crippen LogP contribution in [0.4, 0.5) is 11.5 Å². The first-order valence-electron chi connectivity index (χ1n) is 15.9. The number of anilines is 2. The van der Waals surface area contributed by atoms with Gasteiger partial charge >= 0.3 is 5.76 Å². The van der Waals surface area contributed by atoms with Crippen LogP contribution in [0.15, 0.2) is 57.7 Å². The first-order chi connectivity index (χ1) is 22.3. The number of rotatable bonds is 7. The fourth-order valence-electron chi connectivity index (χ4n) is 7.56. The molecular formula is C34H34N8O4. The van der Waals surface area contributed by atoms with Crippen LogP contribution >= 0.6 is 0 Å². The number of aryl methyl sites for hydroxylation is 1. The molecule has 2 aromatic carbocycles. The second kappa shape index (κ2) is 9.95. The molecule has 6 aromatic rings. The molecule has 4 N–H and O–H groups in total. The van der Waals surface area contributed by atoms with Crippen molar-refractivity contribution in [3.63, 3.8) is 0 Å². The number of likely N-dealkylation sites (tertiary alicyclic amines) is 1. The Balaban J connectivity index is 1.11. The van der Waals surface area contributed by atoms with Crippen molar-refractivity contribution in [2.45, 2.75) is 44.3 Å². The molecule has 1 aliphatic heterocycles. The van der Waals surface area contributed by atoms with Crippen LogP contribution in [-0.4, -0.2) is 60.6 Å². The number of methoxy groups -OCH3 is 1. The van der Waals surface area contributed by atoms with Gasteiger partial charge in [-0.05, 0) is 80.0 Å². The van der Waals surface area contributed by atoms with Gasteiger partial charge in [0.1, 0.15) is 22.7 Å². The second-order valence-corrected chi connectivity index (χ2v) is 13.0. The van der Waals surface area contributed by atoms with Gasteiger partial charge in [-0.2, -0.15) is 0 Å². The number of nitrogens with one attached hydrogen (secondary N) is 2. The lowest BCUT2D eigenvalue weighted by molar-refractivity contribution is 0.0700. The van der Waals surface area contributed by atoms with E-state index in [0.717, 1.165) is 53.1 Å². The lowest BCUT2D eigenvalue weighted by Gasteiger charge is -2.27. The summed E-state index contributed by atoms with van der Waals surface area (Å²) in [5, 5.41) is 4.36. The molecule has 0 radical (unpaired) electrons. The Morgan fingerprint density at radius 2 is 1.98 bits per heavy atom. The van der Waals surface area contributed by atoms with E-state index in [-0.39, 0.29) is 18.0 Å². The van der Waals surface area contributed by atoms with E-state index in [9.17, 15) is 9.59 Å². The number of pyridine rings is 1. The van der Waals surface area contributed by atoms with Crippen LogP contribution in [0.5, 0.6) is 5.75 Å². The Morgan fingerprint density at radius 3 is 2.74 bits per heavy atom. The van der Waals surface area contributed by atoms with Gasteiger partial charge in [0.05, 0.1) is 23.8 Å². The third kappa shape index (κ3) is 4.23. The number of hydrogen-bond donors (Lipinski definition) is 3. The van der Waals surface area contributed by atoms with Crippen LogP contribution in [0.2, 0.25) is 0 Å². The molecule has 1 saturated heterocycles. The number of benzene rings is 2. The van der Waals surface area contributed by atoms with Crippen molar-refractivity contribution in [2.24, 2.45) is 24.6 Å². The third-order valence-corrected chi connectivity index (χ3v) is 10.1. The Morgan fingerprint density at radius 1 is 1.11 bits per heavy atom. The van der Waals surface area contributed by atoms with E-state index in [0.29, 0.717) is 52.1 Å². The lowest BCUT2D eigenvalue weighted by atomic mass is 10.1. The molecule has 12 nitrogen and oxygen atoms in total. The normalized spacial score (nSPS) is 20.8. The van der Waals surface area contributed by atoms with Crippen LogP contribution in [0.25, 0.3) is 44.7 Å². The molecule has 4 aromatic heterocycles. The average Bonchev–Trinajstić information content (AvgIpc) is 3.25. The van der Waals surface area contributed by atoms with Crippen molar-refractivity contribution in [1.29, 1.82) is 0 Å². The monoisotopic (exact) mass is 618 g/mol. The van der Waals surface area contributed by atoms with Crippen LogP contribution < -0.4 is 21.5 Å². The quantitative estimate of drug-likeness (QED) is 0.232. The summed E-state index contributed by atoms with van der Waals surface area (Å²) >= 11 is 0. The molecule has 234 valence electrons. The Kier molecular flexibility index (Phi) is 5.89. The Bertz CT molecular complexity index is 2260. The summed E-state index contributed by atoms with van der Waals surface area (Å²) in [4.78, 5) is 40.1. The number of piperidine rings is 1. The highest BCUT2D eigenvalue weighted by Crippen LogP contribution is 2.40. The first-order valence-corrected chi connectivity index (χ1v) is 15.9. The standard InChI is InChI=1S/C34H34N8O4/c1-40-30-23(11-20(13-27(30)45-2)33(43)42-16-19-5-9-24(42)29(19)35)37-32(40)25-12-18-6-10-28(39-31(18)41(25)15-17-3-4-17)36-21-7-8-22-26(14-21)46-34(44)38-22/h6-8,10-14,17,19,24,29H,3-5,9,15-16,35H2,1-2H3,(H,36,39)(H,38,44)/t19?,24?,29-/m1/s1. The molecule has 2 unspecified atom stereocenters. The van der Waals surface area contributed by atoms with Crippen molar-refractivity contribution in [3.05, 3.63) is 64.6 Å². The molecule has 5 heterocycles. The lowest BCUT2D eigenvalue weighted by Crippen LogP contribution is -2.41.